The van der Waals surface area contributed by atoms with Crippen LogP contribution in [0.25, 0.3) is 0 Å². The summed E-state index contributed by atoms with van der Waals surface area (Å²) in [5.41, 5.74) is 8.12. The summed E-state index contributed by atoms with van der Waals surface area (Å²) in [7, 11) is 2.19. The van der Waals surface area contributed by atoms with E-state index in [0.717, 1.165) is 0 Å². The molecule has 0 bridgehead atoms. The van der Waals surface area contributed by atoms with Gasteiger partial charge in [0.2, 0.25) is 0 Å². The molecule has 0 aliphatic carbocycles. The molecule has 122 valence electrons. The number of hydrogen-bond donors (Lipinski definition) is 0. The number of anilines is 3. The van der Waals surface area contributed by atoms with Crippen molar-refractivity contribution in [2.45, 2.75) is 53.1 Å². The molecule has 0 aromatic heterocycles. The fourth-order valence-corrected chi connectivity index (χ4v) is 3.37. The molecule has 0 fully saturated rings. The first-order valence-corrected chi connectivity index (χ1v) is 8.44. The monoisotopic (exact) mass is 308 g/mol. The number of hydrogen-bond acceptors (Lipinski definition) is 2. The highest BCUT2D eigenvalue weighted by molar-refractivity contribution is 5.85. The van der Waals surface area contributed by atoms with E-state index in [2.05, 4.69) is 94.8 Å². The van der Waals surface area contributed by atoms with Crippen LogP contribution in [0.2, 0.25) is 0 Å². The van der Waals surface area contributed by atoms with Crippen molar-refractivity contribution in [2.24, 2.45) is 0 Å². The highest BCUT2D eigenvalue weighted by Gasteiger charge is 2.33. The topological polar surface area (TPSA) is 6.48 Å². The lowest BCUT2D eigenvalue weighted by Gasteiger charge is -2.29. The third-order valence-electron chi connectivity index (χ3n) is 5.04. The number of fused-ring (bicyclic) bond motifs is 1. The molecule has 23 heavy (non-hydrogen) atoms. The highest BCUT2D eigenvalue weighted by atomic mass is 15.4. The standard InChI is InChI=1S/C21H28N2/c1-14-8-9-15(2)19(12-14)23-16(3)22(7)18-11-10-17(13-20(18)23)21(4,5)6/h8-13,16H,1-7H3/t16-/m0/s1. The molecule has 1 heterocycles. The summed E-state index contributed by atoms with van der Waals surface area (Å²) in [6.45, 7) is 13.5. The first kappa shape index (κ1) is 15.9. The molecule has 0 amide bonds. The Labute approximate surface area is 140 Å². The maximum Gasteiger partial charge on any atom is 0.103 e. The van der Waals surface area contributed by atoms with E-state index in [4.69, 9.17) is 0 Å². The number of benzene rings is 2. The lowest BCUT2D eigenvalue weighted by Crippen LogP contribution is -2.35. The van der Waals surface area contributed by atoms with Crippen molar-refractivity contribution in [1.82, 2.24) is 0 Å². The minimum atomic E-state index is 0.159. The van der Waals surface area contributed by atoms with Gasteiger partial charge in [-0.05, 0) is 61.1 Å². The molecule has 0 N–H and O–H groups in total. The van der Waals surface area contributed by atoms with Crippen molar-refractivity contribution in [2.75, 3.05) is 16.8 Å². The average molecular weight is 308 g/mol. The molecule has 0 saturated carbocycles. The van der Waals surface area contributed by atoms with Crippen LogP contribution in [0, 0.1) is 13.8 Å². The van der Waals surface area contributed by atoms with Crippen LogP contribution in [0.15, 0.2) is 36.4 Å². The third kappa shape index (κ3) is 2.60. The Balaban J connectivity index is 2.19. The third-order valence-corrected chi connectivity index (χ3v) is 5.04. The predicted molar refractivity (Wildman–Crippen MR) is 101 cm³/mol. The Kier molecular flexibility index (Phi) is 3.66. The zero-order valence-corrected chi connectivity index (χ0v) is 15.4. The molecule has 2 aromatic rings. The van der Waals surface area contributed by atoms with Gasteiger partial charge in [0.15, 0.2) is 0 Å². The van der Waals surface area contributed by atoms with Crippen molar-refractivity contribution in [1.29, 1.82) is 0 Å². The van der Waals surface area contributed by atoms with Crippen LogP contribution in [-0.4, -0.2) is 13.2 Å². The van der Waals surface area contributed by atoms with Crippen LogP contribution in [-0.2, 0) is 5.41 Å². The van der Waals surface area contributed by atoms with Gasteiger partial charge < -0.3 is 9.80 Å². The summed E-state index contributed by atoms with van der Waals surface area (Å²) in [5.74, 6) is 0. The van der Waals surface area contributed by atoms with Crippen molar-refractivity contribution in [3.8, 4) is 0 Å². The Morgan fingerprint density at radius 2 is 1.57 bits per heavy atom. The molecule has 0 unspecified atom stereocenters. The highest BCUT2D eigenvalue weighted by Crippen LogP contribution is 2.46. The number of aryl methyl sites for hydroxylation is 2. The van der Waals surface area contributed by atoms with E-state index >= 15 is 0 Å². The quantitative estimate of drug-likeness (QED) is 0.683. The first-order chi connectivity index (χ1) is 10.7. The fraction of sp³-hybridized carbons (Fsp3) is 0.429. The summed E-state index contributed by atoms with van der Waals surface area (Å²) in [6.07, 6.45) is 0.320. The summed E-state index contributed by atoms with van der Waals surface area (Å²) in [6, 6.07) is 13.6. The van der Waals surface area contributed by atoms with Gasteiger partial charge in [-0.2, -0.15) is 0 Å². The van der Waals surface area contributed by atoms with Crippen LogP contribution < -0.4 is 9.80 Å². The predicted octanol–water partition coefficient (Wildman–Crippen LogP) is 5.53. The van der Waals surface area contributed by atoms with E-state index in [1.165, 1.54) is 33.8 Å². The smallest absolute Gasteiger partial charge is 0.103 e. The van der Waals surface area contributed by atoms with E-state index < -0.39 is 0 Å². The molecule has 0 radical (unpaired) electrons. The van der Waals surface area contributed by atoms with Crippen molar-refractivity contribution in [3.63, 3.8) is 0 Å². The van der Waals surface area contributed by atoms with E-state index in [1.807, 2.05) is 0 Å². The van der Waals surface area contributed by atoms with Crippen LogP contribution in [0.4, 0.5) is 17.1 Å². The van der Waals surface area contributed by atoms with E-state index in [-0.39, 0.29) is 5.41 Å². The second-order valence-electron chi connectivity index (χ2n) is 7.86. The summed E-state index contributed by atoms with van der Waals surface area (Å²) >= 11 is 0. The lowest BCUT2D eigenvalue weighted by molar-refractivity contribution is 0.590. The largest absolute Gasteiger partial charge is 0.353 e. The Bertz CT molecular complexity index is 740. The Morgan fingerprint density at radius 3 is 2.22 bits per heavy atom. The summed E-state index contributed by atoms with van der Waals surface area (Å²) in [4.78, 5) is 4.84. The molecular weight excluding hydrogens is 280 g/mol. The second-order valence-corrected chi connectivity index (χ2v) is 7.86. The molecular formula is C21H28N2. The number of rotatable bonds is 1. The molecule has 3 rings (SSSR count). The average Bonchev–Trinajstić information content (AvgIpc) is 2.72. The maximum absolute atomic E-state index is 2.48. The van der Waals surface area contributed by atoms with Gasteiger partial charge in [-0.15, -0.1) is 0 Å². The summed E-state index contributed by atoms with van der Waals surface area (Å²) < 4.78 is 0. The van der Waals surface area contributed by atoms with Gasteiger partial charge in [0.05, 0.1) is 11.4 Å². The zero-order chi connectivity index (χ0) is 16.9. The van der Waals surface area contributed by atoms with Gasteiger partial charge >= 0.3 is 0 Å². The molecule has 2 aromatic carbocycles. The van der Waals surface area contributed by atoms with E-state index in [0.29, 0.717) is 6.17 Å². The van der Waals surface area contributed by atoms with Crippen LogP contribution in [0.5, 0.6) is 0 Å². The Morgan fingerprint density at radius 1 is 0.870 bits per heavy atom. The fourth-order valence-electron chi connectivity index (χ4n) is 3.37. The van der Waals surface area contributed by atoms with E-state index in [1.54, 1.807) is 0 Å². The molecule has 1 aliphatic rings. The summed E-state index contributed by atoms with van der Waals surface area (Å²) in [5, 5.41) is 0. The van der Waals surface area contributed by atoms with Gasteiger partial charge in [-0.3, -0.25) is 0 Å². The minimum Gasteiger partial charge on any atom is -0.353 e. The maximum atomic E-state index is 2.48. The Hall–Kier alpha value is -1.96. The van der Waals surface area contributed by atoms with Crippen molar-refractivity contribution >= 4 is 17.1 Å². The lowest BCUT2D eigenvalue weighted by atomic mass is 9.86. The van der Waals surface area contributed by atoms with Crippen molar-refractivity contribution < 1.29 is 0 Å². The SMILES string of the molecule is Cc1ccc(C)c(N2c3cc(C(C)(C)C)ccc3N(C)[C@@H]2C)c1. The normalized spacial score (nSPS) is 17.6. The van der Waals surface area contributed by atoms with Crippen LogP contribution >= 0.6 is 0 Å². The van der Waals surface area contributed by atoms with Gasteiger partial charge in [0, 0.05) is 12.7 Å². The van der Waals surface area contributed by atoms with Gasteiger partial charge in [-0.25, -0.2) is 0 Å². The molecule has 2 heteroatoms. The number of nitrogens with zero attached hydrogens (tertiary/aromatic N) is 2. The van der Waals surface area contributed by atoms with Gasteiger partial charge in [-0.1, -0.05) is 39.0 Å². The van der Waals surface area contributed by atoms with E-state index in [9.17, 15) is 0 Å². The van der Waals surface area contributed by atoms with Gasteiger partial charge in [0.1, 0.15) is 6.17 Å². The minimum absolute atomic E-state index is 0.159. The molecule has 0 saturated heterocycles. The molecule has 1 atom stereocenters. The molecule has 2 nitrogen and oxygen atoms in total. The zero-order valence-electron chi connectivity index (χ0n) is 15.4. The molecule has 1 aliphatic heterocycles. The second kappa shape index (κ2) is 5.30. The first-order valence-electron chi connectivity index (χ1n) is 8.44. The van der Waals surface area contributed by atoms with Crippen molar-refractivity contribution in [3.05, 3.63) is 53.1 Å². The van der Waals surface area contributed by atoms with Crippen LogP contribution in [0.1, 0.15) is 44.4 Å². The van der Waals surface area contributed by atoms with Gasteiger partial charge in [0.25, 0.3) is 0 Å². The molecule has 0 spiro atoms. The van der Waals surface area contributed by atoms with Crippen LogP contribution in [0.3, 0.4) is 0 Å².